The van der Waals surface area contributed by atoms with Gasteiger partial charge in [0, 0.05) is 12.5 Å². The summed E-state index contributed by atoms with van der Waals surface area (Å²) in [6.07, 6.45) is 0. The second-order valence-electron chi connectivity index (χ2n) is 2.09. The van der Waals surface area contributed by atoms with E-state index in [0.717, 1.165) is 0 Å². The number of H-pyrrole nitrogens is 1. The fraction of sp³-hybridized carbons (Fsp3) is 0.600. The van der Waals surface area contributed by atoms with Crippen molar-refractivity contribution in [1.29, 1.82) is 0 Å². The van der Waals surface area contributed by atoms with Gasteiger partial charge in [0.2, 0.25) is 5.89 Å². The first-order chi connectivity index (χ1) is 4.74. The van der Waals surface area contributed by atoms with Crippen LogP contribution in [0.4, 0.5) is 0 Å². The summed E-state index contributed by atoms with van der Waals surface area (Å²) in [7, 11) is 0. The van der Waals surface area contributed by atoms with Crippen molar-refractivity contribution in [2.24, 2.45) is 5.73 Å². The lowest BCUT2D eigenvalue weighted by molar-refractivity contribution is 0.450. The SMILES string of the molecule is CC(CN)c1n[nH]c(=S)o1. The molecule has 0 aromatic carbocycles. The topological polar surface area (TPSA) is 67.8 Å². The van der Waals surface area contributed by atoms with Gasteiger partial charge in [0.25, 0.3) is 4.84 Å². The van der Waals surface area contributed by atoms with Gasteiger partial charge >= 0.3 is 0 Å². The third-order valence-electron chi connectivity index (χ3n) is 1.23. The van der Waals surface area contributed by atoms with Gasteiger partial charge in [-0.05, 0) is 12.2 Å². The summed E-state index contributed by atoms with van der Waals surface area (Å²) in [5.41, 5.74) is 5.37. The summed E-state index contributed by atoms with van der Waals surface area (Å²) in [5.74, 6) is 0.709. The van der Waals surface area contributed by atoms with Crippen LogP contribution in [0.3, 0.4) is 0 Å². The lowest BCUT2D eigenvalue weighted by atomic mass is 10.2. The molecule has 0 radical (unpaired) electrons. The van der Waals surface area contributed by atoms with Crippen molar-refractivity contribution in [3.05, 3.63) is 10.7 Å². The van der Waals surface area contributed by atoms with Gasteiger partial charge in [0.15, 0.2) is 0 Å². The van der Waals surface area contributed by atoms with Crippen molar-refractivity contribution in [3.63, 3.8) is 0 Å². The standard InChI is InChI=1S/C5H9N3OS/c1-3(2-6)4-7-8-5(10)9-4/h3H,2,6H2,1H3,(H,8,10). The van der Waals surface area contributed by atoms with Crippen LogP contribution in [0, 0.1) is 4.84 Å². The summed E-state index contributed by atoms with van der Waals surface area (Å²) >= 11 is 4.67. The first-order valence-electron chi connectivity index (χ1n) is 2.99. The van der Waals surface area contributed by atoms with Crippen LogP contribution in [-0.2, 0) is 0 Å². The molecule has 0 amide bonds. The van der Waals surface area contributed by atoms with E-state index in [4.69, 9.17) is 10.2 Å². The average Bonchev–Trinajstić information content (AvgIpc) is 2.34. The van der Waals surface area contributed by atoms with Gasteiger partial charge in [-0.15, -0.1) is 5.10 Å². The third-order valence-corrected chi connectivity index (χ3v) is 1.40. The molecule has 4 nitrogen and oxygen atoms in total. The molecular formula is C5H9N3OS. The largest absolute Gasteiger partial charge is 0.414 e. The number of hydrogen-bond acceptors (Lipinski definition) is 4. The van der Waals surface area contributed by atoms with Crippen molar-refractivity contribution in [2.75, 3.05) is 6.54 Å². The minimum Gasteiger partial charge on any atom is -0.414 e. The van der Waals surface area contributed by atoms with Crippen LogP contribution in [0.25, 0.3) is 0 Å². The number of nitrogens with two attached hydrogens (primary N) is 1. The lowest BCUT2D eigenvalue weighted by Gasteiger charge is -1.98. The molecule has 0 saturated carbocycles. The number of rotatable bonds is 2. The number of hydrogen-bond donors (Lipinski definition) is 2. The molecular weight excluding hydrogens is 150 g/mol. The fourth-order valence-electron chi connectivity index (χ4n) is 0.553. The van der Waals surface area contributed by atoms with Crippen molar-refractivity contribution < 1.29 is 4.42 Å². The van der Waals surface area contributed by atoms with E-state index in [2.05, 4.69) is 22.4 Å². The summed E-state index contributed by atoms with van der Waals surface area (Å²) in [4.78, 5) is 0.301. The average molecular weight is 159 g/mol. The third kappa shape index (κ3) is 1.43. The summed E-state index contributed by atoms with van der Waals surface area (Å²) in [6, 6.07) is 0. The Morgan fingerprint density at radius 2 is 2.60 bits per heavy atom. The zero-order valence-electron chi connectivity index (χ0n) is 5.63. The summed E-state index contributed by atoms with van der Waals surface area (Å²) in [6.45, 7) is 2.44. The van der Waals surface area contributed by atoms with E-state index in [-0.39, 0.29) is 5.92 Å². The Morgan fingerprint density at radius 3 is 3.00 bits per heavy atom. The van der Waals surface area contributed by atoms with Crippen LogP contribution < -0.4 is 5.73 Å². The van der Waals surface area contributed by atoms with E-state index < -0.39 is 0 Å². The fourth-order valence-corrected chi connectivity index (χ4v) is 0.684. The number of aromatic amines is 1. The molecule has 0 spiro atoms. The maximum atomic E-state index is 5.37. The normalized spacial score (nSPS) is 13.4. The van der Waals surface area contributed by atoms with Crippen LogP contribution >= 0.6 is 12.2 Å². The van der Waals surface area contributed by atoms with Gasteiger partial charge in [0.05, 0.1) is 0 Å². The monoisotopic (exact) mass is 159 g/mol. The Balaban J connectivity index is 2.84. The second kappa shape index (κ2) is 2.94. The van der Waals surface area contributed by atoms with Crippen molar-refractivity contribution in [2.45, 2.75) is 12.8 Å². The Hall–Kier alpha value is -0.680. The highest BCUT2D eigenvalue weighted by molar-refractivity contribution is 7.71. The molecule has 1 atom stereocenters. The quantitative estimate of drug-likeness (QED) is 0.626. The van der Waals surface area contributed by atoms with E-state index in [1.165, 1.54) is 0 Å². The molecule has 1 unspecified atom stereocenters. The smallest absolute Gasteiger partial charge is 0.284 e. The predicted molar refractivity (Wildman–Crippen MR) is 39.2 cm³/mol. The van der Waals surface area contributed by atoms with Gasteiger partial charge in [-0.1, -0.05) is 6.92 Å². The molecule has 3 N–H and O–H groups in total. The van der Waals surface area contributed by atoms with Crippen molar-refractivity contribution >= 4 is 12.2 Å². The van der Waals surface area contributed by atoms with Crippen molar-refractivity contribution in [1.82, 2.24) is 10.2 Å². The molecule has 5 heteroatoms. The van der Waals surface area contributed by atoms with E-state index >= 15 is 0 Å². The highest BCUT2D eigenvalue weighted by Gasteiger charge is 2.07. The van der Waals surface area contributed by atoms with E-state index in [1.807, 2.05) is 6.92 Å². The van der Waals surface area contributed by atoms with E-state index in [9.17, 15) is 0 Å². The number of aromatic nitrogens is 2. The van der Waals surface area contributed by atoms with Crippen LogP contribution in [0.15, 0.2) is 4.42 Å². The minimum atomic E-state index is 0.132. The van der Waals surface area contributed by atoms with Gasteiger partial charge in [0.1, 0.15) is 0 Å². The first kappa shape index (κ1) is 7.43. The van der Waals surface area contributed by atoms with Crippen LogP contribution in [0.1, 0.15) is 18.7 Å². The van der Waals surface area contributed by atoms with E-state index in [0.29, 0.717) is 17.3 Å². The van der Waals surface area contributed by atoms with Gasteiger partial charge in [-0.2, -0.15) is 0 Å². The number of nitrogens with zero attached hydrogens (tertiary/aromatic N) is 1. The van der Waals surface area contributed by atoms with Gasteiger partial charge < -0.3 is 10.2 Å². The predicted octanol–water partition coefficient (Wildman–Crippen LogP) is 0.794. The Kier molecular flexibility index (Phi) is 2.18. The molecule has 1 rings (SSSR count). The molecule has 0 fully saturated rings. The molecule has 0 aliphatic heterocycles. The number of nitrogens with one attached hydrogen (secondary N) is 1. The Bertz CT molecular complexity index is 253. The zero-order chi connectivity index (χ0) is 7.56. The Morgan fingerprint density at radius 1 is 1.90 bits per heavy atom. The molecule has 0 aliphatic carbocycles. The Labute approximate surface area is 63.4 Å². The zero-order valence-corrected chi connectivity index (χ0v) is 6.44. The van der Waals surface area contributed by atoms with Crippen LogP contribution in [0.5, 0.6) is 0 Å². The molecule has 56 valence electrons. The summed E-state index contributed by atoms with van der Waals surface area (Å²) < 4.78 is 5.00. The highest BCUT2D eigenvalue weighted by Crippen LogP contribution is 2.08. The van der Waals surface area contributed by atoms with Gasteiger partial charge in [-0.25, -0.2) is 5.10 Å². The molecule has 10 heavy (non-hydrogen) atoms. The lowest BCUT2D eigenvalue weighted by Crippen LogP contribution is -2.08. The van der Waals surface area contributed by atoms with Crippen LogP contribution in [0.2, 0.25) is 0 Å². The molecule has 0 bridgehead atoms. The first-order valence-corrected chi connectivity index (χ1v) is 3.40. The molecule has 0 aliphatic rings. The maximum Gasteiger partial charge on any atom is 0.284 e. The second-order valence-corrected chi connectivity index (χ2v) is 2.46. The molecule has 1 aromatic heterocycles. The molecule has 1 heterocycles. The minimum absolute atomic E-state index is 0.132. The van der Waals surface area contributed by atoms with Crippen LogP contribution in [-0.4, -0.2) is 16.7 Å². The molecule has 1 aromatic rings. The maximum absolute atomic E-state index is 5.37. The van der Waals surface area contributed by atoms with Crippen molar-refractivity contribution in [3.8, 4) is 0 Å². The van der Waals surface area contributed by atoms with Gasteiger partial charge in [-0.3, -0.25) is 0 Å². The summed E-state index contributed by atoms with van der Waals surface area (Å²) in [5, 5.41) is 6.34. The van der Waals surface area contributed by atoms with E-state index in [1.54, 1.807) is 0 Å². The molecule has 0 saturated heterocycles. The highest BCUT2D eigenvalue weighted by atomic mass is 32.1.